The minimum atomic E-state index is -0.545. The van der Waals surface area contributed by atoms with Gasteiger partial charge in [-0.05, 0) is 49.4 Å². The van der Waals surface area contributed by atoms with E-state index in [1.54, 1.807) is 0 Å². The molecule has 14 heavy (non-hydrogen) atoms. The van der Waals surface area contributed by atoms with E-state index in [1.807, 2.05) is 6.92 Å². The highest BCUT2D eigenvalue weighted by Gasteiger charge is 2.32. The predicted octanol–water partition coefficient (Wildman–Crippen LogP) is 4.59. The highest BCUT2D eigenvalue weighted by molar-refractivity contribution is 4.82. The second kappa shape index (κ2) is 4.63. The molecular weight excluding hydrogens is 175 g/mol. The number of halogens is 1. The number of alkyl halides is 1. The van der Waals surface area contributed by atoms with Gasteiger partial charge in [-0.25, -0.2) is 4.39 Å². The molecule has 0 amide bonds. The molecule has 1 aliphatic rings. The molecule has 0 aromatic carbocycles. The van der Waals surface area contributed by atoms with E-state index in [0.29, 0.717) is 17.8 Å². The monoisotopic (exact) mass is 200 g/mol. The third-order valence-electron chi connectivity index (χ3n) is 3.90. The van der Waals surface area contributed by atoms with Crippen molar-refractivity contribution in [3.63, 3.8) is 0 Å². The Labute approximate surface area is 88.3 Å². The SMILES string of the molecule is CCC(F)C1CCC(C(C)(C)C)CC1. The highest BCUT2D eigenvalue weighted by Crippen LogP contribution is 2.41. The molecule has 0 radical (unpaired) electrons. The summed E-state index contributed by atoms with van der Waals surface area (Å²) in [4.78, 5) is 0. The number of hydrogen-bond acceptors (Lipinski definition) is 0. The van der Waals surface area contributed by atoms with Gasteiger partial charge in [0.15, 0.2) is 0 Å². The Balaban J connectivity index is 2.39. The van der Waals surface area contributed by atoms with Gasteiger partial charge in [0.2, 0.25) is 0 Å². The van der Waals surface area contributed by atoms with Crippen molar-refractivity contribution >= 4 is 0 Å². The standard InChI is InChI=1S/C13H25F/c1-5-12(14)10-6-8-11(9-7-10)13(2,3)4/h10-12H,5-9H2,1-4H3. The van der Waals surface area contributed by atoms with Gasteiger partial charge in [-0.15, -0.1) is 0 Å². The third kappa shape index (κ3) is 2.96. The van der Waals surface area contributed by atoms with Crippen LogP contribution in [0, 0.1) is 17.3 Å². The van der Waals surface area contributed by atoms with Crippen LogP contribution in [0.4, 0.5) is 4.39 Å². The topological polar surface area (TPSA) is 0 Å². The van der Waals surface area contributed by atoms with Gasteiger partial charge < -0.3 is 0 Å². The van der Waals surface area contributed by atoms with Crippen LogP contribution in [0.25, 0.3) is 0 Å². The van der Waals surface area contributed by atoms with Crippen LogP contribution in [0.3, 0.4) is 0 Å². The largest absolute Gasteiger partial charge is 0.247 e. The molecule has 0 spiro atoms. The Morgan fingerprint density at radius 2 is 1.64 bits per heavy atom. The molecule has 0 N–H and O–H groups in total. The van der Waals surface area contributed by atoms with E-state index in [0.717, 1.165) is 18.8 Å². The maximum atomic E-state index is 13.4. The molecule has 0 heterocycles. The van der Waals surface area contributed by atoms with E-state index >= 15 is 0 Å². The van der Waals surface area contributed by atoms with Crippen LogP contribution in [0.2, 0.25) is 0 Å². The van der Waals surface area contributed by atoms with Crippen LogP contribution >= 0.6 is 0 Å². The molecule has 1 saturated carbocycles. The first-order valence-electron chi connectivity index (χ1n) is 6.09. The van der Waals surface area contributed by atoms with Gasteiger partial charge in [0.05, 0.1) is 0 Å². The zero-order valence-electron chi connectivity index (χ0n) is 10.1. The molecule has 1 fully saturated rings. The summed E-state index contributed by atoms with van der Waals surface area (Å²) in [6.07, 6.45) is 4.83. The fraction of sp³-hybridized carbons (Fsp3) is 1.00. The molecule has 84 valence electrons. The fourth-order valence-electron chi connectivity index (χ4n) is 2.68. The lowest BCUT2D eigenvalue weighted by Gasteiger charge is -2.37. The number of hydrogen-bond donors (Lipinski definition) is 0. The van der Waals surface area contributed by atoms with Crippen LogP contribution in [0.15, 0.2) is 0 Å². The van der Waals surface area contributed by atoms with Crippen LogP contribution in [0.5, 0.6) is 0 Å². The summed E-state index contributed by atoms with van der Waals surface area (Å²) in [7, 11) is 0. The second-order valence-corrected chi connectivity index (χ2v) is 5.90. The van der Waals surface area contributed by atoms with Crippen LogP contribution in [0.1, 0.15) is 59.8 Å². The van der Waals surface area contributed by atoms with Crippen molar-refractivity contribution in [2.45, 2.75) is 66.0 Å². The first-order valence-corrected chi connectivity index (χ1v) is 6.09. The van der Waals surface area contributed by atoms with E-state index in [4.69, 9.17) is 0 Å². The maximum Gasteiger partial charge on any atom is 0.103 e. The van der Waals surface area contributed by atoms with Crippen molar-refractivity contribution in [3.05, 3.63) is 0 Å². The molecule has 1 atom stereocenters. The summed E-state index contributed by atoms with van der Waals surface area (Å²) >= 11 is 0. The normalized spacial score (nSPS) is 31.5. The summed E-state index contributed by atoms with van der Waals surface area (Å²) in [5.41, 5.74) is 0.420. The van der Waals surface area contributed by atoms with Crippen molar-refractivity contribution < 1.29 is 4.39 Å². The molecule has 1 heteroatoms. The summed E-state index contributed by atoms with van der Waals surface area (Å²) < 4.78 is 13.4. The lowest BCUT2D eigenvalue weighted by molar-refractivity contribution is 0.103. The van der Waals surface area contributed by atoms with E-state index in [9.17, 15) is 4.39 Å². The van der Waals surface area contributed by atoms with Crippen LogP contribution < -0.4 is 0 Å². The Hall–Kier alpha value is -0.0700. The average Bonchev–Trinajstić information content (AvgIpc) is 2.15. The lowest BCUT2D eigenvalue weighted by Crippen LogP contribution is -2.29. The predicted molar refractivity (Wildman–Crippen MR) is 60.1 cm³/mol. The van der Waals surface area contributed by atoms with E-state index < -0.39 is 6.17 Å². The highest BCUT2D eigenvalue weighted by atomic mass is 19.1. The molecule has 1 aliphatic carbocycles. The van der Waals surface area contributed by atoms with Crippen molar-refractivity contribution in [1.29, 1.82) is 0 Å². The molecule has 0 aromatic rings. The minimum Gasteiger partial charge on any atom is -0.247 e. The second-order valence-electron chi connectivity index (χ2n) is 5.90. The van der Waals surface area contributed by atoms with Gasteiger partial charge >= 0.3 is 0 Å². The van der Waals surface area contributed by atoms with Crippen molar-refractivity contribution in [3.8, 4) is 0 Å². The Morgan fingerprint density at radius 3 is 2.00 bits per heavy atom. The van der Waals surface area contributed by atoms with Gasteiger partial charge in [-0.3, -0.25) is 0 Å². The summed E-state index contributed by atoms with van der Waals surface area (Å²) in [5.74, 6) is 1.17. The lowest BCUT2D eigenvalue weighted by atomic mass is 9.69. The summed E-state index contributed by atoms with van der Waals surface area (Å²) in [6.45, 7) is 8.89. The molecule has 0 bridgehead atoms. The quantitative estimate of drug-likeness (QED) is 0.611. The zero-order chi connectivity index (χ0) is 10.8. The molecule has 1 unspecified atom stereocenters. The van der Waals surface area contributed by atoms with Crippen LogP contribution in [-0.4, -0.2) is 6.17 Å². The summed E-state index contributed by atoms with van der Waals surface area (Å²) in [5, 5.41) is 0. The fourth-order valence-corrected chi connectivity index (χ4v) is 2.68. The first-order chi connectivity index (χ1) is 6.45. The van der Waals surface area contributed by atoms with Gasteiger partial charge in [0.25, 0.3) is 0 Å². The van der Waals surface area contributed by atoms with Crippen molar-refractivity contribution in [2.75, 3.05) is 0 Å². The minimum absolute atomic E-state index is 0.360. The smallest absolute Gasteiger partial charge is 0.103 e. The average molecular weight is 200 g/mol. The number of rotatable bonds is 2. The van der Waals surface area contributed by atoms with E-state index in [2.05, 4.69) is 20.8 Å². The summed E-state index contributed by atoms with van der Waals surface area (Å²) in [6, 6.07) is 0. The van der Waals surface area contributed by atoms with Crippen LogP contribution in [-0.2, 0) is 0 Å². The van der Waals surface area contributed by atoms with E-state index in [-0.39, 0.29) is 0 Å². The first kappa shape index (κ1) is 12.0. The Bertz CT molecular complexity index is 161. The molecule has 0 aromatic heterocycles. The molecular formula is C13H25F. The van der Waals surface area contributed by atoms with Gasteiger partial charge in [0.1, 0.15) is 6.17 Å². The molecule has 0 saturated heterocycles. The van der Waals surface area contributed by atoms with Crippen molar-refractivity contribution in [2.24, 2.45) is 17.3 Å². The zero-order valence-corrected chi connectivity index (χ0v) is 10.1. The van der Waals surface area contributed by atoms with Gasteiger partial charge in [-0.1, -0.05) is 27.7 Å². The molecule has 1 rings (SSSR count). The Kier molecular flexibility index (Phi) is 3.97. The maximum absolute atomic E-state index is 13.4. The van der Waals surface area contributed by atoms with E-state index in [1.165, 1.54) is 12.8 Å². The third-order valence-corrected chi connectivity index (χ3v) is 3.90. The Morgan fingerprint density at radius 1 is 1.14 bits per heavy atom. The van der Waals surface area contributed by atoms with Gasteiger partial charge in [0, 0.05) is 0 Å². The molecule has 0 nitrogen and oxygen atoms in total. The van der Waals surface area contributed by atoms with Crippen molar-refractivity contribution in [1.82, 2.24) is 0 Å². The van der Waals surface area contributed by atoms with Gasteiger partial charge in [-0.2, -0.15) is 0 Å². The molecule has 0 aliphatic heterocycles.